The maximum Gasteiger partial charge on any atom is 0.394 e. The summed E-state index contributed by atoms with van der Waals surface area (Å²) in [6, 6.07) is 12.6. The Morgan fingerprint density at radius 2 is 1.49 bits per heavy atom. The lowest BCUT2D eigenvalue weighted by atomic mass is 10.1. The van der Waals surface area contributed by atoms with Gasteiger partial charge in [-0.3, -0.25) is 4.79 Å². The van der Waals surface area contributed by atoms with Crippen LogP contribution < -0.4 is 0 Å². The standard InChI is InChI=1S/C30H37Cl2N3O4/c1-2-3-4-5-6-7-8-9-10-11-27-33-28(39-34-27)24-15-12-23(13-16-24)21-35(29(36)30(37)38)19-18-22-14-17-25(31)26(32)20-22/h12-17,20H,2-11,18-19,21H2,1H3,(H,37,38). The Labute approximate surface area is 240 Å². The molecule has 210 valence electrons. The molecule has 0 unspecified atom stereocenters. The number of rotatable bonds is 16. The van der Waals surface area contributed by atoms with Gasteiger partial charge in [-0.15, -0.1) is 0 Å². The van der Waals surface area contributed by atoms with E-state index in [-0.39, 0.29) is 13.1 Å². The van der Waals surface area contributed by atoms with Crippen molar-refractivity contribution < 1.29 is 19.2 Å². The normalized spacial score (nSPS) is 11.1. The second kappa shape index (κ2) is 16.3. The number of aryl methyl sites for hydroxylation is 1. The molecule has 2 aromatic carbocycles. The second-order valence-electron chi connectivity index (χ2n) is 9.82. The van der Waals surface area contributed by atoms with Crippen molar-refractivity contribution in [3.05, 3.63) is 69.5 Å². The summed E-state index contributed by atoms with van der Waals surface area (Å²) >= 11 is 12.0. The van der Waals surface area contributed by atoms with Crippen LogP contribution in [0.3, 0.4) is 0 Å². The summed E-state index contributed by atoms with van der Waals surface area (Å²) in [5.74, 6) is -1.30. The van der Waals surface area contributed by atoms with E-state index >= 15 is 0 Å². The number of carboxylic acid groups (broad SMARTS) is 1. The molecule has 39 heavy (non-hydrogen) atoms. The molecule has 1 amide bonds. The van der Waals surface area contributed by atoms with Crippen molar-refractivity contribution in [3.8, 4) is 11.5 Å². The minimum Gasteiger partial charge on any atom is -0.474 e. The van der Waals surface area contributed by atoms with Gasteiger partial charge in [-0.2, -0.15) is 4.98 Å². The number of hydrogen-bond donors (Lipinski definition) is 1. The smallest absolute Gasteiger partial charge is 0.394 e. The first-order chi connectivity index (χ1) is 18.9. The fourth-order valence-corrected chi connectivity index (χ4v) is 4.71. The van der Waals surface area contributed by atoms with Crippen LogP contribution in [-0.4, -0.2) is 38.6 Å². The average molecular weight is 575 g/mol. The Balaban J connectivity index is 1.49. The SMILES string of the molecule is CCCCCCCCCCCc1noc(-c2ccc(CN(CCc3ccc(Cl)c(Cl)c3)C(=O)C(=O)O)cc2)n1. The van der Waals surface area contributed by atoms with Crippen LogP contribution in [0.15, 0.2) is 47.0 Å². The predicted octanol–water partition coefficient (Wildman–Crippen LogP) is 7.77. The van der Waals surface area contributed by atoms with Crippen molar-refractivity contribution in [1.29, 1.82) is 0 Å². The summed E-state index contributed by atoms with van der Waals surface area (Å²) in [7, 11) is 0. The number of unbranched alkanes of at least 4 members (excludes halogenated alkanes) is 8. The number of hydrogen-bond acceptors (Lipinski definition) is 5. The van der Waals surface area contributed by atoms with Crippen molar-refractivity contribution in [2.75, 3.05) is 6.54 Å². The molecule has 3 aromatic rings. The third-order valence-corrected chi connectivity index (χ3v) is 7.41. The van der Waals surface area contributed by atoms with E-state index in [0.717, 1.165) is 29.5 Å². The minimum absolute atomic E-state index is 0.153. The molecule has 1 N–H and O–H groups in total. The van der Waals surface area contributed by atoms with Crippen LogP contribution in [0.5, 0.6) is 0 Å². The van der Waals surface area contributed by atoms with E-state index in [0.29, 0.717) is 28.2 Å². The summed E-state index contributed by atoms with van der Waals surface area (Å²) in [4.78, 5) is 29.6. The molecule has 0 fully saturated rings. The predicted molar refractivity (Wildman–Crippen MR) is 154 cm³/mol. The lowest BCUT2D eigenvalue weighted by Gasteiger charge is -2.21. The zero-order valence-electron chi connectivity index (χ0n) is 22.5. The number of benzene rings is 2. The highest BCUT2D eigenvalue weighted by Gasteiger charge is 2.21. The van der Waals surface area contributed by atoms with Crippen LogP contribution in [0.2, 0.25) is 10.0 Å². The topological polar surface area (TPSA) is 96.5 Å². The molecule has 0 radical (unpaired) electrons. The zero-order valence-corrected chi connectivity index (χ0v) is 24.0. The summed E-state index contributed by atoms with van der Waals surface area (Å²) in [6.45, 7) is 2.61. The monoisotopic (exact) mass is 573 g/mol. The van der Waals surface area contributed by atoms with Crippen molar-refractivity contribution in [2.45, 2.75) is 84.1 Å². The van der Waals surface area contributed by atoms with Crippen LogP contribution in [0.1, 0.15) is 81.7 Å². The molecule has 1 heterocycles. The molecular weight excluding hydrogens is 537 g/mol. The fourth-order valence-electron chi connectivity index (χ4n) is 4.39. The Morgan fingerprint density at radius 3 is 2.13 bits per heavy atom. The maximum atomic E-state index is 12.3. The van der Waals surface area contributed by atoms with Gasteiger partial charge < -0.3 is 14.5 Å². The van der Waals surface area contributed by atoms with Gasteiger partial charge in [0.1, 0.15) is 0 Å². The molecule has 9 heteroatoms. The highest BCUT2D eigenvalue weighted by Crippen LogP contribution is 2.23. The Kier molecular flexibility index (Phi) is 12.8. The molecule has 7 nitrogen and oxygen atoms in total. The van der Waals surface area contributed by atoms with Gasteiger partial charge in [0.2, 0.25) is 0 Å². The van der Waals surface area contributed by atoms with Crippen molar-refractivity contribution >= 4 is 35.1 Å². The van der Waals surface area contributed by atoms with Gasteiger partial charge in [0.25, 0.3) is 5.89 Å². The number of carbonyl (C=O) groups excluding carboxylic acids is 1. The van der Waals surface area contributed by atoms with Crippen LogP contribution >= 0.6 is 23.2 Å². The van der Waals surface area contributed by atoms with Gasteiger partial charge in [-0.05, 0) is 48.2 Å². The molecule has 1 aromatic heterocycles. The third kappa shape index (κ3) is 10.3. The molecule has 0 aliphatic rings. The number of aromatic nitrogens is 2. The Hall–Kier alpha value is -2.90. The Bertz CT molecular complexity index is 1200. The number of carbonyl (C=O) groups is 2. The quantitative estimate of drug-likeness (QED) is 0.139. The highest BCUT2D eigenvalue weighted by atomic mass is 35.5. The van der Waals surface area contributed by atoms with Crippen molar-refractivity contribution in [1.82, 2.24) is 15.0 Å². The van der Waals surface area contributed by atoms with E-state index in [1.165, 1.54) is 56.3 Å². The Morgan fingerprint density at radius 1 is 0.846 bits per heavy atom. The number of nitrogens with zero attached hydrogens (tertiary/aromatic N) is 3. The van der Waals surface area contributed by atoms with Crippen molar-refractivity contribution in [3.63, 3.8) is 0 Å². The number of carboxylic acids is 1. The van der Waals surface area contributed by atoms with E-state index in [1.807, 2.05) is 24.3 Å². The van der Waals surface area contributed by atoms with Gasteiger partial charge in [0.05, 0.1) is 10.0 Å². The van der Waals surface area contributed by atoms with Crippen molar-refractivity contribution in [2.24, 2.45) is 0 Å². The van der Waals surface area contributed by atoms with Crippen LogP contribution in [0.25, 0.3) is 11.5 Å². The number of aliphatic carboxylic acids is 1. The summed E-state index contributed by atoms with van der Waals surface area (Å²) in [5.41, 5.74) is 2.42. The molecule has 0 spiro atoms. The summed E-state index contributed by atoms with van der Waals surface area (Å²) < 4.78 is 5.46. The molecule has 0 saturated heterocycles. The lowest BCUT2D eigenvalue weighted by Crippen LogP contribution is -2.37. The van der Waals surface area contributed by atoms with Crippen LogP contribution in [0, 0.1) is 0 Å². The van der Waals surface area contributed by atoms with Gasteiger partial charge in [0, 0.05) is 25.1 Å². The molecule has 3 rings (SSSR count). The van der Waals surface area contributed by atoms with E-state index in [2.05, 4.69) is 17.1 Å². The molecule has 0 aliphatic heterocycles. The van der Waals surface area contributed by atoms with E-state index in [9.17, 15) is 14.7 Å². The molecule has 0 saturated carbocycles. The van der Waals surface area contributed by atoms with E-state index in [1.54, 1.807) is 18.2 Å². The summed E-state index contributed by atoms with van der Waals surface area (Å²) in [5, 5.41) is 14.3. The molecule has 0 bridgehead atoms. The third-order valence-electron chi connectivity index (χ3n) is 6.67. The molecular formula is C30H37Cl2N3O4. The van der Waals surface area contributed by atoms with Gasteiger partial charge in [-0.25, -0.2) is 4.79 Å². The first-order valence-electron chi connectivity index (χ1n) is 13.8. The maximum absolute atomic E-state index is 12.3. The summed E-state index contributed by atoms with van der Waals surface area (Å²) in [6.07, 6.45) is 12.6. The molecule has 0 aliphatic carbocycles. The first kappa shape index (κ1) is 30.6. The lowest BCUT2D eigenvalue weighted by molar-refractivity contribution is -0.156. The van der Waals surface area contributed by atoms with E-state index in [4.69, 9.17) is 27.7 Å². The zero-order chi connectivity index (χ0) is 28.0. The minimum atomic E-state index is -1.49. The highest BCUT2D eigenvalue weighted by molar-refractivity contribution is 6.42. The molecule has 0 atom stereocenters. The second-order valence-corrected chi connectivity index (χ2v) is 10.6. The van der Waals surface area contributed by atoms with Gasteiger partial charge in [-0.1, -0.05) is 105 Å². The van der Waals surface area contributed by atoms with E-state index < -0.39 is 11.9 Å². The fraction of sp³-hybridized carbons (Fsp3) is 0.467. The first-order valence-corrected chi connectivity index (χ1v) is 14.5. The van der Waals surface area contributed by atoms with Crippen LogP contribution in [-0.2, 0) is 29.0 Å². The average Bonchev–Trinajstić information content (AvgIpc) is 3.41. The number of halogens is 2. The number of amides is 1. The van der Waals surface area contributed by atoms with Crippen LogP contribution in [0.4, 0.5) is 0 Å². The van der Waals surface area contributed by atoms with Gasteiger partial charge in [0.15, 0.2) is 5.82 Å². The van der Waals surface area contributed by atoms with Gasteiger partial charge >= 0.3 is 11.9 Å². The largest absolute Gasteiger partial charge is 0.474 e.